The summed E-state index contributed by atoms with van der Waals surface area (Å²) in [6.45, 7) is 8.60. The molecule has 28 heavy (non-hydrogen) atoms. The van der Waals surface area contributed by atoms with E-state index in [-0.39, 0.29) is 32.2 Å². The van der Waals surface area contributed by atoms with Gasteiger partial charge >= 0.3 is 157 Å². The van der Waals surface area contributed by atoms with Crippen molar-refractivity contribution in [2.24, 2.45) is 0 Å². The molecule has 0 aliphatic heterocycles. The smallest absolute Gasteiger partial charge is 1.00 e. The molecule has 3 heteroatoms. The predicted molar refractivity (Wildman–Crippen MR) is 114 cm³/mol. The van der Waals surface area contributed by atoms with Crippen LogP contribution >= 0.6 is 0 Å². The van der Waals surface area contributed by atoms with Crippen LogP contribution in [0.4, 0.5) is 0 Å². The van der Waals surface area contributed by atoms with Crippen LogP contribution in [0.5, 0.6) is 0 Å². The maximum absolute atomic E-state index is 4.16. The molecule has 0 nitrogen and oxygen atoms in total. The van der Waals surface area contributed by atoms with Crippen LogP contribution in [0.2, 0.25) is 9.26 Å². The minimum atomic E-state index is -2.58. The van der Waals surface area contributed by atoms with Gasteiger partial charge < -0.3 is 24.8 Å². The van der Waals surface area contributed by atoms with Crippen molar-refractivity contribution in [3.63, 3.8) is 0 Å². The van der Waals surface area contributed by atoms with Gasteiger partial charge in [-0.3, -0.25) is 0 Å². The van der Waals surface area contributed by atoms with Crippen molar-refractivity contribution in [2.45, 2.75) is 40.6 Å². The predicted octanol–water partition coefficient (Wildman–Crippen LogP) is 1.75. The number of hydrogen-bond acceptors (Lipinski definition) is 0. The van der Waals surface area contributed by atoms with Crippen LogP contribution in [0.3, 0.4) is 0 Å². The van der Waals surface area contributed by atoms with Crippen LogP contribution in [-0.4, -0.2) is 0 Å². The Morgan fingerprint density at radius 1 is 1.04 bits per heavy atom. The van der Waals surface area contributed by atoms with Gasteiger partial charge in [-0.15, -0.1) is 0 Å². The normalized spacial score (nSPS) is 15.6. The molecule has 2 aliphatic carbocycles. The fourth-order valence-corrected chi connectivity index (χ4v) is 13.6. The Bertz CT molecular complexity index is 951. The molecular weight excluding hydrogens is 462 g/mol. The summed E-state index contributed by atoms with van der Waals surface area (Å²) in [5.74, 6) is 0. The van der Waals surface area contributed by atoms with Gasteiger partial charge in [0.2, 0.25) is 0 Å². The largest absolute Gasteiger partial charge is 1.00 e. The molecule has 0 spiro atoms. The summed E-state index contributed by atoms with van der Waals surface area (Å²) in [7, 11) is 0. The van der Waals surface area contributed by atoms with E-state index in [1.807, 2.05) is 0 Å². The third-order valence-corrected chi connectivity index (χ3v) is 16.1. The number of aryl methyl sites for hydroxylation is 2. The summed E-state index contributed by atoms with van der Waals surface area (Å²) < 4.78 is 7.55. The van der Waals surface area contributed by atoms with Crippen molar-refractivity contribution in [3.05, 3.63) is 86.2 Å². The first-order chi connectivity index (χ1) is 11.9. The quantitative estimate of drug-likeness (QED) is 0.613. The van der Waals surface area contributed by atoms with E-state index >= 15 is 0 Å². The number of benzene rings is 2. The number of halogens is 2. The molecule has 4 rings (SSSR count). The summed E-state index contributed by atoms with van der Waals surface area (Å²) in [6, 6.07) is 11.7. The molecule has 0 heterocycles. The van der Waals surface area contributed by atoms with Crippen molar-refractivity contribution in [1.82, 2.24) is 0 Å². The zero-order chi connectivity index (χ0) is 17.8. The number of fused-ring (bicyclic) bond motifs is 3. The monoisotopic (exact) mass is 490 g/mol. The molecule has 1 unspecified atom stereocenters. The average molecular weight is 493 g/mol. The molecule has 2 aromatic rings. The zero-order valence-electron chi connectivity index (χ0n) is 16.4. The number of allylic oxidation sites excluding steroid dienone is 4. The van der Waals surface area contributed by atoms with Gasteiger partial charge in [0.05, 0.1) is 0 Å². The van der Waals surface area contributed by atoms with Crippen molar-refractivity contribution in [3.8, 4) is 11.1 Å². The molecule has 0 saturated heterocycles. The molecule has 0 saturated carbocycles. The van der Waals surface area contributed by atoms with Crippen LogP contribution < -0.4 is 24.8 Å². The van der Waals surface area contributed by atoms with E-state index in [4.69, 9.17) is 0 Å². The molecule has 0 aromatic heterocycles. The molecule has 0 N–H and O–H groups in total. The van der Waals surface area contributed by atoms with Crippen molar-refractivity contribution >= 4 is 6.08 Å². The second kappa shape index (κ2) is 9.29. The molecule has 0 fully saturated rings. The summed E-state index contributed by atoms with van der Waals surface area (Å²) in [5.41, 5.74) is 10.1. The Hall–Kier alpha value is -0.877. The fourth-order valence-electron chi connectivity index (χ4n) is 4.74. The van der Waals surface area contributed by atoms with Gasteiger partial charge in [-0.1, -0.05) is 7.43 Å². The molecule has 1 atom stereocenters. The third kappa shape index (κ3) is 3.79. The molecule has 148 valence electrons. The van der Waals surface area contributed by atoms with Gasteiger partial charge in [-0.05, 0) is 0 Å². The van der Waals surface area contributed by atoms with E-state index in [1.54, 1.807) is 14.4 Å². The van der Waals surface area contributed by atoms with Crippen LogP contribution in [0, 0.1) is 13.8 Å². The maximum Gasteiger partial charge on any atom is -1.00 e. The minimum absolute atomic E-state index is 0. The Morgan fingerprint density at radius 2 is 1.71 bits per heavy atom. The number of rotatable bonds is 3. The number of hydrogen-bond donors (Lipinski definition) is 0. The van der Waals surface area contributed by atoms with Gasteiger partial charge in [0.15, 0.2) is 0 Å². The second-order valence-electron chi connectivity index (χ2n) is 8.03. The summed E-state index contributed by atoms with van der Waals surface area (Å²) in [6.07, 6.45) is 10.2. The molecular formula is C25H30Cl2Zr. The first-order valence-corrected chi connectivity index (χ1v) is 16.7. The second-order valence-corrected chi connectivity index (χ2v) is 19.5. The first-order valence-electron chi connectivity index (χ1n) is 9.18. The van der Waals surface area contributed by atoms with Gasteiger partial charge in [0.1, 0.15) is 0 Å². The van der Waals surface area contributed by atoms with Crippen LogP contribution in [0.15, 0.2) is 58.4 Å². The Balaban J connectivity index is 0.00000131. The summed E-state index contributed by atoms with van der Waals surface area (Å²) >= 11 is -2.58. The molecule has 2 aromatic carbocycles. The maximum atomic E-state index is 4.16. The van der Waals surface area contributed by atoms with Gasteiger partial charge in [0.25, 0.3) is 0 Å². The van der Waals surface area contributed by atoms with E-state index < -0.39 is 20.3 Å². The van der Waals surface area contributed by atoms with Crippen LogP contribution in [0.25, 0.3) is 17.2 Å². The van der Waals surface area contributed by atoms with Gasteiger partial charge in [-0.2, -0.15) is 0 Å². The molecule has 0 bridgehead atoms. The van der Waals surface area contributed by atoms with Gasteiger partial charge in [-0.25, -0.2) is 0 Å². The topological polar surface area (TPSA) is 0 Å². The van der Waals surface area contributed by atoms with E-state index in [0.717, 1.165) is 6.42 Å². The molecule has 0 amide bonds. The standard InChI is InChI=1S/C17H15.C5H5.CH4.2CH3.2ClH.Zr/c1-4-14-12(3)6-8-16-15-7-5-11(2)9-13(15)10-17(14)16;1-2-4-5-3-1;;;;;;/h4-10H,1H2,2-3H3;1-3H,4H2;1H4;2*1H3;2*1H;/q;;;;;;;+2/p-2. The van der Waals surface area contributed by atoms with E-state index in [2.05, 4.69) is 84.3 Å². The summed E-state index contributed by atoms with van der Waals surface area (Å²) in [4.78, 5) is 0. The molecule has 0 radical (unpaired) electrons. The van der Waals surface area contributed by atoms with Crippen molar-refractivity contribution in [1.29, 1.82) is 0 Å². The summed E-state index contributed by atoms with van der Waals surface area (Å²) in [5, 5.41) is 0. The van der Waals surface area contributed by atoms with Crippen LogP contribution in [-0.2, 0) is 20.3 Å². The Morgan fingerprint density at radius 3 is 2.32 bits per heavy atom. The SMILES string of the molecule is C.C=Cc1c(C)ccc2c1[CH]([Zr+2]([CH3])([CH3])[C]1=CC=CC1)c1cc(C)ccc1-2.[Cl-].[Cl-]. The van der Waals surface area contributed by atoms with E-state index in [9.17, 15) is 0 Å². The Kier molecular flexibility index (Phi) is 8.35. The molecule has 2 aliphatic rings. The third-order valence-electron chi connectivity index (χ3n) is 6.13. The van der Waals surface area contributed by atoms with Gasteiger partial charge in [0, 0.05) is 0 Å². The van der Waals surface area contributed by atoms with Crippen LogP contribution in [0.1, 0.15) is 45.3 Å². The minimum Gasteiger partial charge on any atom is -1.00 e. The fraction of sp³-hybridized carbons (Fsp3) is 0.280. The average Bonchev–Trinajstić information content (AvgIpc) is 3.20. The van der Waals surface area contributed by atoms with E-state index in [1.165, 1.54) is 27.8 Å². The van der Waals surface area contributed by atoms with Crippen molar-refractivity contribution < 1.29 is 45.1 Å². The first kappa shape index (κ1) is 25.2. The van der Waals surface area contributed by atoms with Crippen molar-refractivity contribution in [2.75, 3.05) is 0 Å². The Labute approximate surface area is 188 Å². The van der Waals surface area contributed by atoms with E-state index in [0.29, 0.717) is 3.63 Å². The zero-order valence-corrected chi connectivity index (χ0v) is 20.4.